The zero-order valence-electron chi connectivity index (χ0n) is 31.7. The van der Waals surface area contributed by atoms with Crippen molar-refractivity contribution >= 4 is 17.8 Å². The van der Waals surface area contributed by atoms with E-state index < -0.39 is 0 Å². The molecule has 2 bridgehead atoms. The average Bonchev–Trinajstić information content (AvgIpc) is 3.65. The van der Waals surface area contributed by atoms with Crippen molar-refractivity contribution in [3.63, 3.8) is 0 Å². The van der Waals surface area contributed by atoms with Gasteiger partial charge < -0.3 is 23.5 Å². The molecule has 2 amide bonds. The highest BCUT2D eigenvalue weighted by Gasteiger charge is 2.51. The second kappa shape index (κ2) is 15.2. The highest BCUT2D eigenvalue weighted by molar-refractivity contribution is 5.95. The van der Waals surface area contributed by atoms with Gasteiger partial charge >= 0.3 is 6.09 Å². The summed E-state index contributed by atoms with van der Waals surface area (Å²) >= 11 is 0. The van der Waals surface area contributed by atoms with E-state index in [0.717, 1.165) is 62.0 Å². The SMILES string of the molecule is CCCOC1CN(C(=O)OC2CCC(C(=O)N(CC34CCC(c5ccc(OC)c(C)c5)(CC3)CC4)c3cc(-c4coc(C(C)C)n4)ccn3)CC2)C1. The van der Waals surface area contributed by atoms with Gasteiger partial charge in [0.2, 0.25) is 5.91 Å². The molecule has 0 unspecified atom stereocenters. The Bertz CT molecular complexity index is 1700. The predicted molar refractivity (Wildman–Crippen MR) is 200 cm³/mol. The lowest BCUT2D eigenvalue weighted by Gasteiger charge is -2.55. The molecule has 0 atom stereocenters. The van der Waals surface area contributed by atoms with Gasteiger partial charge in [-0.25, -0.2) is 14.8 Å². The Morgan fingerprint density at radius 3 is 2.37 bits per heavy atom. The van der Waals surface area contributed by atoms with Crippen molar-refractivity contribution in [2.45, 2.75) is 122 Å². The molecule has 4 saturated carbocycles. The van der Waals surface area contributed by atoms with Crippen molar-refractivity contribution in [1.29, 1.82) is 0 Å². The van der Waals surface area contributed by atoms with Gasteiger partial charge in [-0.05, 0) is 118 Å². The van der Waals surface area contributed by atoms with E-state index in [1.807, 2.05) is 17.0 Å². The summed E-state index contributed by atoms with van der Waals surface area (Å²) in [5, 5.41) is 0. The highest BCUT2D eigenvalue weighted by atomic mass is 16.6. The minimum Gasteiger partial charge on any atom is -0.496 e. The molecule has 0 radical (unpaired) electrons. The number of ether oxygens (including phenoxy) is 3. The maximum Gasteiger partial charge on any atom is 0.410 e. The summed E-state index contributed by atoms with van der Waals surface area (Å²) in [5.74, 6) is 2.45. The molecule has 3 aromatic rings. The van der Waals surface area contributed by atoms with Gasteiger partial charge in [-0.1, -0.05) is 32.9 Å². The van der Waals surface area contributed by atoms with Crippen LogP contribution in [0.4, 0.5) is 10.6 Å². The van der Waals surface area contributed by atoms with Crippen molar-refractivity contribution in [2.75, 3.05) is 38.3 Å². The molecule has 3 heterocycles. The van der Waals surface area contributed by atoms with Gasteiger partial charge in [0.05, 0.1) is 26.3 Å². The van der Waals surface area contributed by atoms with Crippen molar-refractivity contribution < 1.29 is 28.2 Å². The van der Waals surface area contributed by atoms with E-state index in [0.29, 0.717) is 63.6 Å². The van der Waals surface area contributed by atoms with Gasteiger partial charge in [0.1, 0.15) is 29.6 Å². The van der Waals surface area contributed by atoms with Crippen LogP contribution in [0.25, 0.3) is 11.3 Å². The number of hydrogen-bond donors (Lipinski definition) is 0. The largest absolute Gasteiger partial charge is 0.496 e. The summed E-state index contributed by atoms with van der Waals surface area (Å²) in [6.45, 7) is 10.9. The number of anilines is 1. The first-order valence-electron chi connectivity index (χ1n) is 19.6. The minimum absolute atomic E-state index is 0.0396. The van der Waals surface area contributed by atoms with Gasteiger partial charge in [-0.15, -0.1) is 0 Å². The number of carbonyl (C=O) groups excluding carboxylic acids is 2. The van der Waals surface area contributed by atoms with E-state index in [1.54, 1.807) is 24.5 Å². The van der Waals surface area contributed by atoms with Crippen LogP contribution < -0.4 is 9.64 Å². The Morgan fingerprint density at radius 2 is 1.73 bits per heavy atom. The number of benzene rings is 1. The molecule has 0 spiro atoms. The summed E-state index contributed by atoms with van der Waals surface area (Å²) < 4.78 is 23.0. The molecule has 5 aliphatic rings. The van der Waals surface area contributed by atoms with Crippen LogP contribution in [0, 0.1) is 18.3 Å². The Kier molecular flexibility index (Phi) is 10.7. The molecular weight excluding hydrogens is 656 g/mol. The molecule has 1 aromatic carbocycles. The normalized spacial score (nSPS) is 25.9. The van der Waals surface area contributed by atoms with E-state index in [9.17, 15) is 9.59 Å². The predicted octanol–water partition coefficient (Wildman–Crippen LogP) is 8.61. The Morgan fingerprint density at radius 1 is 1.00 bits per heavy atom. The number of carbonyl (C=O) groups is 2. The third kappa shape index (κ3) is 7.45. The fraction of sp³-hybridized carbons (Fsp3) is 0.619. The summed E-state index contributed by atoms with van der Waals surface area (Å²) in [6.07, 6.45) is 13.4. The molecule has 1 saturated heterocycles. The molecule has 280 valence electrons. The van der Waals surface area contributed by atoms with Crippen LogP contribution in [0.1, 0.15) is 114 Å². The molecule has 8 rings (SSSR count). The van der Waals surface area contributed by atoms with Crippen molar-refractivity contribution in [3.05, 3.63) is 59.8 Å². The van der Waals surface area contributed by atoms with E-state index in [1.165, 1.54) is 11.1 Å². The van der Waals surface area contributed by atoms with Crippen molar-refractivity contribution in [1.82, 2.24) is 14.9 Å². The topological polar surface area (TPSA) is 107 Å². The van der Waals surface area contributed by atoms with Crippen molar-refractivity contribution in [3.8, 4) is 17.0 Å². The van der Waals surface area contributed by atoms with E-state index in [-0.39, 0.29) is 46.9 Å². The van der Waals surface area contributed by atoms with Crippen LogP contribution >= 0.6 is 0 Å². The van der Waals surface area contributed by atoms with Crippen LogP contribution in [0.3, 0.4) is 0 Å². The number of rotatable bonds is 12. The quantitative estimate of drug-likeness (QED) is 0.184. The molecule has 10 heteroatoms. The zero-order valence-corrected chi connectivity index (χ0v) is 31.7. The lowest BCUT2D eigenvalue weighted by atomic mass is 9.51. The number of fused-ring (bicyclic) bond motifs is 3. The molecule has 10 nitrogen and oxygen atoms in total. The van der Waals surface area contributed by atoms with Crippen LogP contribution in [0.5, 0.6) is 5.75 Å². The molecule has 0 N–H and O–H groups in total. The number of amides is 2. The average molecular weight is 713 g/mol. The minimum atomic E-state index is -0.267. The van der Waals surface area contributed by atoms with Crippen LogP contribution in [0.15, 0.2) is 47.2 Å². The third-order valence-corrected chi connectivity index (χ3v) is 12.5. The van der Waals surface area contributed by atoms with E-state index in [2.05, 4.69) is 45.9 Å². The lowest BCUT2D eigenvalue weighted by Crippen LogP contribution is -2.55. The molecular formula is C42H56N4O6. The Balaban J connectivity index is 1.06. The molecule has 1 aliphatic heterocycles. The summed E-state index contributed by atoms with van der Waals surface area (Å²) in [6, 6.07) is 10.7. The summed E-state index contributed by atoms with van der Waals surface area (Å²) in [5.41, 5.74) is 4.47. The fourth-order valence-corrected chi connectivity index (χ4v) is 9.00. The first-order valence-corrected chi connectivity index (χ1v) is 19.6. The lowest BCUT2D eigenvalue weighted by molar-refractivity contribution is -0.125. The monoisotopic (exact) mass is 712 g/mol. The maximum atomic E-state index is 14.7. The number of oxazole rings is 1. The Hall–Kier alpha value is -3.92. The number of hydrogen-bond acceptors (Lipinski definition) is 8. The van der Waals surface area contributed by atoms with Crippen LogP contribution in [-0.2, 0) is 19.7 Å². The molecule has 2 aromatic heterocycles. The van der Waals surface area contributed by atoms with Crippen LogP contribution in [-0.4, -0.2) is 72.4 Å². The first kappa shape index (κ1) is 36.4. The fourth-order valence-electron chi connectivity index (χ4n) is 9.00. The summed E-state index contributed by atoms with van der Waals surface area (Å²) in [7, 11) is 1.73. The second-order valence-corrected chi connectivity index (χ2v) is 16.3. The molecule has 52 heavy (non-hydrogen) atoms. The number of methoxy groups -OCH3 is 1. The molecule has 5 fully saturated rings. The second-order valence-electron chi connectivity index (χ2n) is 16.3. The summed E-state index contributed by atoms with van der Waals surface area (Å²) in [4.78, 5) is 40.8. The maximum absolute atomic E-state index is 14.7. The van der Waals surface area contributed by atoms with E-state index in [4.69, 9.17) is 28.6 Å². The number of aromatic nitrogens is 2. The van der Waals surface area contributed by atoms with Gasteiger partial charge in [0.25, 0.3) is 0 Å². The third-order valence-electron chi connectivity index (χ3n) is 12.5. The number of pyridine rings is 1. The number of nitrogens with zero attached hydrogens (tertiary/aromatic N) is 4. The van der Waals surface area contributed by atoms with Crippen LogP contribution in [0.2, 0.25) is 0 Å². The zero-order chi connectivity index (χ0) is 36.5. The smallest absolute Gasteiger partial charge is 0.410 e. The van der Waals surface area contributed by atoms with Gasteiger partial charge in [0.15, 0.2) is 5.89 Å². The number of likely N-dealkylation sites (tertiary alicyclic amines) is 1. The van der Waals surface area contributed by atoms with Gasteiger partial charge in [-0.3, -0.25) is 9.69 Å². The van der Waals surface area contributed by atoms with Crippen molar-refractivity contribution in [2.24, 2.45) is 11.3 Å². The standard InChI is InChI=1S/C42H56N4O6/c1-6-21-50-34-24-45(25-34)40(48)52-33-10-7-30(8-11-33)39(47)46(37-23-31(13-20-43-37)35-26-51-38(44-35)28(2)3)27-41-14-17-42(18-15-41,19-16-41)32-9-12-36(49-5)29(4)22-32/h9,12-13,20,22-23,26,28,30,33-34H,6-8,10-11,14-19,21,24-25,27H2,1-5H3. The molecule has 4 aliphatic carbocycles. The first-order chi connectivity index (χ1) is 25.1. The van der Waals surface area contributed by atoms with E-state index >= 15 is 0 Å². The van der Waals surface area contributed by atoms with Gasteiger partial charge in [0, 0.05) is 36.7 Å². The number of aryl methyl sites for hydroxylation is 1. The Labute approximate surface area is 308 Å². The van der Waals surface area contributed by atoms with Gasteiger partial charge in [-0.2, -0.15) is 0 Å². The highest BCUT2D eigenvalue weighted by Crippen LogP contribution is 2.58.